The molecule has 1 fully saturated rings. The summed E-state index contributed by atoms with van der Waals surface area (Å²) in [7, 11) is 1.70. The fourth-order valence-corrected chi connectivity index (χ4v) is 4.49. The van der Waals surface area contributed by atoms with E-state index >= 15 is 0 Å². The van der Waals surface area contributed by atoms with E-state index in [0.29, 0.717) is 13.0 Å². The Balaban J connectivity index is 1.68. The molecule has 0 spiro atoms. The molecule has 0 aromatic heterocycles. The summed E-state index contributed by atoms with van der Waals surface area (Å²) < 4.78 is 0. The van der Waals surface area contributed by atoms with Crippen molar-refractivity contribution in [2.45, 2.75) is 70.6 Å². The third kappa shape index (κ3) is 4.83. The number of carbonyl (C=O) groups is 3. The molecule has 0 unspecified atom stereocenters. The number of nitrogens with one attached hydrogen (secondary N) is 3. The molecule has 7 heteroatoms. The number of likely N-dealkylation sites (tertiary alicyclic amines) is 1. The van der Waals surface area contributed by atoms with Crippen molar-refractivity contribution < 1.29 is 14.4 Å². The number of rotatable bonds is 6. The van der Waals surface area contributed by atoms with Gasteiger partial charge in [0.05, 0.1) is 12.1 Å². The summed E-state index contributed by atoms with van der Waals surface area (Å²) in [4.78, 5) is 40.0. The molecule has 1 aliphatic carbocycles. The number of carbonyl (C=O) groups excluding carboxylic acids is 3. The summed E-state index contributed by atoms with van der Waals surface area (Å²) in [6, 6.07) is 6.68. The van der Waals surface area contributed by atoms with Crippen LogP contribution in [0.4, 0.5) is 0 Å². The maximum Gasteiger partial charge on any atom is 0.245 e. The summed E-state index contributed by atoms with van der Waals surface area (Å²) in [5.74, 6) is -0.301. The minimum atomic E-state index is -0.677. The normalized spacial score (nSPS) is 25.2. The first-order valence-corrected chi connectivity index (χ1v) is 11.0. The van der Waals surface area contributed by atoms with Gasteiger partial charge < -0.3 is 20.9 Å². The van der Waals surface area contributed by atoms with Gasteiger partial charge in [-0.05, 0) is 63.6 Å². The van der Waals surface area contributed by atoms with Crippen molar-refractivity contribution in [2.24, 2.45) is 5.92 Å². The van der Waals surface area contributed by atoms with Crippen LogP contribution in [0.1, 0.15) is 57.2 Å². The van der Waals surface area contributed by atoms with Gasteiger partial charge in [0.15, 0.2) is 0 Å². The lowest BCUT2D eigenvalue weighted by Gasteiger charge is -2.31. The van der Waals surface area contributed by atoms with Crippen LogP contribution in [0.3, 0.4) is 0 Å². The molecule has 1 saturated heterocycles. The van der Waals surface area contributed by atoms with Crippen LogP contribution in [0.25, 0.3) is 0 Å². The Bertz CT molecular complexity index is 796. The van der Waals surface area contributed by atoms with Crippen LogP contribution in [-0.4, -0.2) is 54.3 Å². The van der Waals surface area contributed by atoms with E-state index in [4.69, 9.17) is 0 Å². The number of nitrogens with zero attached hydrogens (tertiary/aromatic N) is 1. The fourth-order valence-electron chi connectivity index (χ4n) is 4.49. The molecule has 3 rings (SSSR count). The molecule has 5 atom stereocenters. The van der Waals surface area contributed by atoms with Gasteiger partial charge >= 0.3 is 0 Å². The van der Waals surface area contributed by atoms with E-state index in [1.165, 1.54) is 11.1 Å². The smallest absolute Gasteiger partial charge is 0.245 e. The predicted octanol–water partition coefficient (Wildman–Crippen LogP) is 1.53. The maximum absolute atomic E-state index is 13.2. The highest BCUT2D eigenvalue weighted by Crippen LogP contribution is 2.31. The number of hydrogen-bond acceptors (Lipinski definition) is 4. The molecule has 164 valence electrons. The molecule has 1 aliphatic heterocycles. The van der Waals surface area contributed by atoms with Gasteiger partial charge in [0.2, 0.25) is 17.7 Å². The first-order valence-electron chi connectivity index (χ1n) is 11.0. The third-order valence-electron chi connectivity index (χ3n) is 6.34. The molecule has 3 amide bonds. The largest absolute Gasteiger partial charge is 0.347 e. The zero-order valence-corrected chi connectivity index (χ0v) is 18.4. The highest BCUT2D eigenvalue weighted by atomic mass is 16.2. The van der Waals surface area contributed by atoms with Gasteiger partial charge in [0.25, 0.3) is 0 Å². The SMILES string of the molecule is CN[C@H](C)C(=O)N[C@H](C)C(=O)N1C[C@H](C)C[C@@H]1C(=O)N[C@H]1CCCc2ccccc21. The Morgan fingerprint density at radius 1 is 1.13 bits per heavy atom. The van der Waals surface area contributed by atoms with Crippen LogP contribution in [0.5, 0.6) is 0 Å². The lowest BCUT2D eigenvalue weighted by molar-refractivity contribution is -0.141. The average molecular weight is 415 g/mol. The van der Waals surface area contributed by atoms with E-state index in [-0.39, 0.29) is 35.7 Å². The van der Waals surface area contributed by atoms with Crippen LogP contribution < -0.4 is 16.0 Å². The first-order chi connectivity index (χ1) is 14.3. The van der Waals surface area contributed by atoms with Crippen LogP contribution in [-0.2, 0) is 20.8 Å². The highest BCUT2D eigenvalue weighted by molar-refractivity contribution is 5.93. The number of likely N-dealkylation sites (N-methyl/N-ethyl adjacent to an activating group) is 1. The molecule has 0 bridgehead atoms. The standard InChI is InChI=1S/C23H34N4O3/c1-14-12-20(27(13-14)23(30)16(3)25-21(28)15(2)24-4)22(29)26-19-11-7-9-17-8-5-6-10-18(17)19/h5-6,8,10,14-16,19-20,24H,7,9,11-13H2,1-4H3,(H,25,28)(H,26,29)/t14-,15-,16-,19+,20-/m1/s1. The van der Waals surface area contributed by atoms with Crippen LogP contribution in [0.2, 0.25) is 0 Å². The lowest BCUT2D eigenvalue weighted by atomic mass is 9.87. The van der Waals surface area contributed by atoms with E-state index in [9.17, 15) is 14.4 Å². The molecule has 1 aromatic carbocycles. The van der Waals surface area contributed by atoms with Gasteiger partial charge in [-0.3, -0.25) is 14.4 Å². The number of aryl methyl sites for hydroxylation is 1. The molecule has 0 radical (unpaired) electrons. The summed E-state index contributed by atoms with van der Waals surface area (Å²) in [6.45, 7) is 6.00. The monoisotopic (exact) mass is 414 g/mol. The highest BCUT2D eigenvalue weighted by Gasteiger charge is 2.40. The van der Waals surface area contributed by atoms with E-state index in [1.54, 1.807) is 25.8 Å². The number of hydrogen-bond donors (Lipinski definition) is 3. The zero-order valence-electron chi connectivity index (χ0n) is 18.4. The van der Waals surface area contributed by atoms with Crippen LogP contribution >= 0.6 is 0 Å². The maximum atomic E-state index is 13.2. The third-order valence-corrected chi connectivity index (χ3v) is 6.34. The van der Waals surface area contributed by atoms with Gasteiger partial charge in [0, 0.05) is 6.54 Å². The van der Waals surface area contributed by atoms with Crippen molar-refractivity contribution in [1.82, 2.24) is 20.9 Å². The van der Waals surface area contributed by atoms with Crippen molar-refractivity contribution in [1.29, 1.82) is 0 Å². The Labute approximate surface area is 179 Å². The number of amides is 3. The Hall–Kier alpha value is -2.41. The van der Waals surface area contributed by atoms with Gasteiger partial charge in [-0.2, -0.15) is 0 Å². The molecule has 7 nitrogen and oxygen atoms in total. The van der Waals surface area contributed by atoms with E-state index in [0.717, 1.165) is 19.3 Å². The van der Waals surface area contributed by atoms with E-state index in [2.05, 4.69) is 35.0 Å². The molecule has 3 N–H and O–H groups in total. The second-order valence-electron chi connectivity index (χ2n) is 8.74. The van der Waals surface area contributed by atoms with Crippen LogP contribution in [0, 0.1) is 5.92 Å². The first kappa shape index (κ1) is 22.3. The summed E-state index contributed by atoms with van der Waals surface area (Å²) in [6.07, 6.45) is 3.63. The van der Waals surface area contributed by atoms with Gasteiger partial charge in [0.1, 0.15) is 12.1 Å². The van der Waals surface area contributed by atoms with Gasteiger partial charge in [-0.25, -0.2) is 0 Å². The molecule has 1 heterocycles. The van der Waals surface area contributed by atoms with Gasteiger partial charge in [-0.15, -0.1) is 0 Å². The molecule has 1 aromatic rings. The van der Waals surface area contributed by atoms with Crippen molar-refractivity contribution in [3.8, 4) is 0 Å². The average Bonchev–Trinajstić information content (AvgIpc) is 3.14. The topological polar surface area (TPSA) is 90.5 Å². The quantitative estimate of drug-likeness (QED) is 0.659. The van der Waals surface area contributed by atoms with E-state index < -0.39 is 12.1 Å². The van der Waals surface area contributed by atoms with Crippen molar-refractivity contribution in [2.75, 3.05) is 13.6 Å². The Kier molecular flexibility index (Phi) is 7.13. The number of benzene rings is 1. The molecular weight excluding hydrogens is 380 g/mol. The molecule has 30 heavy (non-hydrogen) atoms. The zero-order chi connectivity index (χ0) is 21.8. The predicted molar refractivity (Wildman–Crippen MR) is 116 cm³/mol. The number of fused-ring (bicyclic) bond motifs is 1. The second-order valence-corrected chi connectivity index (χ2v) is 8.74. The molecular formula is C23H34N4O3. The van der Waals surface area contributed by atoms with Crippen LogP contribution in [0.15, 0.2) is 24.3 Å². The minimum absolute atomic E-state index is 0.0103. The molecule has 2 aliphatic rings. The van der Waals surface area contributed by atoms with Crippen molar-refractivity contribution >= 4 is 17.7 Å². The fraction of sp³-hybridized carbons (Fsp3) is 0.609. The van der Waals surface area contributed by atoms with Gasteiger partial charge in [-0.1, -0.05) is 31.2 Å². The molecule has 0 saturated carbocycles. The Morgan fingerprint density at radius 3 is 2.60 bits per heavy atom. The summed E-state index contributed by atoms with van der Waals surface area (Å²) >= 11 is 0. The van der Waals surface area contributed by atoms with Crippen molar-refractivity contribution in [3.63, 3.8) is 0 Å². The van der Waals surface area contributed by atoms with E-state index in [1.807, 2.05) is 12.1 Å². The van der Waals surface area contributed by atoms with Crippen molar-refractivity contribution in [3.05, 3.63) is 35.4 Å². The Morgan fingerprint density at radius 2 is 1.87 bits per heavy atom. The lowest BCUT2D eigenvalue weighted by Crippen LogP contribution is -2.54. The summed E-state index contributed by atoms with van der Waals surface area (Å²) in [5, 5.41) is 8.82. The minimum Gasteiger partial charge on any atom is -0.347 e. The second kappa shape index (κ2) is 9.60. The summed E-state index contributed by atoms with van der Waals surface area (Å²) in [5.41, 5.74) is 2.47.